The molecular formula is C20H26N4O2. The Morgan fingerprint density at radius 3 is 2.62 bits per heavy atom. The maximum Gasteiger partial charge on any atom is 0.270 e. The van der Waals surface area contributed by atoms with E-state index in [1.807, 2.05) is 35.2 Å². The van der Waals surface area contributed by atoms with Crippen LogP contribution in [0.1, 0.15) is 37.7 Å². The number of likely N-dealkylation sites (tertiary alicyclic amines) is 2. The lowest BCUT2D eigenvalue weighted by Gasteiger charge is -2.26. The van der Waals surface area contributed by atoms with Crippen LogP contribution in [0.15, 0.2) is 35.4 Å². The number of hydrogen-bond donors (Lipinski definition) is 0. The van der Waals surface area contributed by atoms with Crippen LogP contribution in [0.2, 0.25) is 0 Å². The molecule has 2 fully saturated rings. The normalized spacial score (nSPS) is 24.2. The molecule has 0 radical (unpaired) electrons. The van der Waals surface area contributed by atoms with Crippen molar-refractivity contribution in [3.63, 3.8) is 0 Å². The van der Waals surface area contributed by atoms with Crippen molar-refractivity contribution >= 4 is 17.5 Å². The van der Waals surface area contributed by atoms with Crippen molar-refractivity contribution in [3.05, 3.63) is 35.9 Å². The van der Waals surface area contributed by atoms with E-state index in [0.717, 1.165) is 38.2 Å². The smallest absolute Gasteiger partial charge is 0.270 e. The number of amides is 2. The van der Waals surface area contributed by atoms with Crippen LogP contribution in [-0.2, 0) is 16.1 Å². The van der Waals surface area contributed by atoms with Gasteiger partial charge in [0.25, 0.3) is 5.91 Å². The van der Waals surface area contributed by atoms with Gasteiger partial charge in [-0.1, -0.05) is 30.3 Å². The van der Waals surface area contributed by atoms with E-state index < -0.39 is 0 Å². The summed E-state index contributed by atoms with van der Waals surface area (Å²) in [5.41, 5.74) is 1.55. The topological polar surface area (TPSA) is 56.2 Å². The summed E-state index contributed by atoms with van der Waals surface area (Å²) in [5, 5.41) is 5.88. The van der Waals surface area contributed by atoms with Gasteiger partial charge in [-0.05, 0) is 37.9 Å². The van der Waals surface area contributed by atoms with Gasteiger partial charge in [0, 0.05) is 32.0 Å². The minimum absolute atomic E-state index is 0.0114. The van der Waals surface area contributed by atoms with Crippen LogP contribution >= 0.6 is 0 Å². The average molecular weight is 354 g/mol. The Balaban J connectivity index is 1.42. The first-order chi connectivity index (χ1) is 12.7. The van der Waals surface area contributed by atoms with E-state index >= 15 is 0 Å². The molecule has 3 aliphatic heterocycles. The molecule has 4 rings (SSSR count). The summed E-state index contributed by atoms with van der Waals surface area (Å²) < 4.78 is 0. The fourth-order valence-electron chi connectivity index (χ4n) is 4.15. The Hall–Kier alpha value is -2.21. The van der Waals surface area contributed by atoms with Crippen LogP contribution in [0.4, 0.5) is 0 Å². The fourth-order valence-corrected chi connectivity index (χ4v) is 4.15. The summed E-state index contributed by atoms with van der Waals surface area (Å²) in [4.78, 5) is 29.5. The quantitative estimate of drug-likeness (QED) is 0.829. The van der Waals surface area contributed by atoms with Gasteiger partial charge in [0.05, 0.1) is 6.54 Å². The van der Waals surface area contributed by atoms with E-state index in [-0.39, 0.29) is 11.8 Å². The Bertz CT molecular complexity index is 697. The molecule has 26 heavy (non-hydrogen) atoms. The third-order valence-corrected chi connectivity index (χ3v) is 5.63. The number of rotatable bonds is 4. The van der Waals surface area contributed by atoms with Crippen molar-refractivity contribution in [3.8, 4) is 0 Å². The maximum atomic E-state index is 12.9. The molecule has 0 saturated carbocycles. The van der Waals surface area contributed by atoms with E-state index in [2.05, 4.69) is 10.0 Å². The molecule has 0 aliphatic carbocycles. The maximum absolute atomic E-state index is 12.9. The van der Waals surface area contributed by atoms with E-state index in [0.29, 0.717) is 31.1 Å². The van der Waals surface area contributed by atoms with Gasteiger partial charge in [-0.25, -0.2) is 5.01 Å². The highest BCUT2D eigenvalue weighted by molar-refractivity contribution is 6.39. The molecule has 3 aliphatic rings. The molecule has 0 bridgehead atoms. The molecule has 1 aromatic rings. The summed E-state index contributed by atoms with van der Waals surface area (Å²) in [6.07, 6.45) is 4.40. The van der Waals surface area contributed by atoms with E-state index in [9.17, 15) is 9.59 Å². The van der Waals surface area contributed by atoms with Gasteiger partial charge in [-0.3, -0.25) is 14.5 Å². The Morgan fingerprint density at radius 2 is 1.85 bits per heavy atom. The first-order valence-electron chi connectivity index (χ1n) is 9.66. The van der Waals surface area contributed by atoms with Crippen molar-refractivity contribution in [2.45, 2.75) is 44.7 Å². The highest BCUT2D eigenvalue weighted by Crippen LogP contribution is 2.22. The van der Waals surface area contributed by atoms with Crippen molar-refractivity contribution < 1.29 is 9.59 Å². The molecule has 2 amide bonds. The lowest BCUT2D eigenvalue weighted by Crippen LogP contribution is -2.42. The lowest BCUT2D eigenvalue weighted by atomic mass is 10.1. The Kier molecular flexibility index (Phi) is 5.02. The number of hydrogen-bond acceptors (Lipinski definition) is 4. The van der Waals surface area contributed by atoms with Gasteiger partial charge >= 0.3 is 0 Å². The van der Waals surface area contributed by atoms with Crippen molar-refractivity contribution in [2.24, 2.45) is 5.10 Å². The fraction of sp³-hybridized carbons (Fsp3) is 0.550. The van der Waals surface area contributed by atoms with Crippen molar-refractivity contribution in [2.75, 3.05) is 26.2 Å². The molecule has 0 aromatic heterocycles. The molecule has 0 N–H and O–H groups in total. The molecule has 3 heterocycles. The molecule has 1 atom stereocenters. The first kappa shape index (κ1) is 17.2. The zero-order chi connectivity index (χ0) is 17.9. The number of carbonyl (C=O) groups excluding carboxylic acids is 2. The Labute approximate surface area is 154 Å². The van der Waals surface area contributed by atoms with E-state index in [4.69, 9.17) is 0 Å². The second-order valence-corrected chi connectivity index (χ2v) is 7.42. The van der Waals surface area contributed by atoms with Gasteiger partial charge in [0.15, 0.2) is 0 Å². The summed E-state index contributed by atoms with van der Waals surface area (Å²) in [6, 6.07) is 10.3. The first-order valence-corrected chi connectivity index (χ1v) is 9.66. The second kappa shape index (κ2) is 7.58. The standard InChI is InChI=1S/C20H26N4O2/c25-19-9-8-18(21-24(19)14-16-6-2-1-3-7-16)20(26)23-13-10-17(15-23)22-11-4-5-12-22/h1-3,6-7,17H,4-5,8-15H2. The Morgan fingerprint density at radius 1 is 1.08 bits per heavy atom. The lowest BCUT2D eigenvalue weighted by molar-refractivity contribution is -0.132. The largest absolute Gasteiger partial charge is 0.336 e. The third kappa shape index (κ3) is 3.65. The molecule has 1 unspecified atom stereocenters. The highest BCUT2D eigenvalue weighted by Gasteiger charge is 2.34. The molecule has 138 valence electrons. The predicted molar refractivity (Wildman–Crippen MR) is 99.5 cm³/mol. The molecule has 1 aromatic carbocycles. The minimum atomic E-state index is -0.0123. The van der Waals surface area contributed by atoms with Crippen LogP contribution in [0.25, 0.3) is 0 Å². The van der Waals surface area contributed by atoms with Gasteiger partial charge in [0.2, 0.25) is 5.91 Å². The minimum Gasteiger partial charge on any atom is -0.336 e. The molecule has 6 nitrogen and oxygen atoms in total. The summed E-state index contributed by atoms with van der Waals surface area (Å²) in [7, 11) is 0. The van der Waals surface area contributed by atoms with Crippen molar-refractivity contribution in [1.29, 1.82) is 0 Å². The van der Waals surface area contributed by atoms with Crippen LogP contribution in [0.3, 0.4) is 0 Å². The van der Waals surface area contributed by atoms with E-state index in [1.54, 1.807) is 0 Å². The highest BCUT2D eigenvalue weighted by atomic mass is 16.2. The van der Waals surface area contributed by atoms with Crippen LogP contribution < -0.4 is 0 Å². The van der Waals surface area contributed by atoms with E-state index in [1.165, 1.54) is 17.9 Å². The monoisotopic (exact) mass is 354 g/mol. The number of nitrogens with zero attached hydrogens (tertiary/aromatic N) is 4. The molecular weight excluding hydrogens is 328 g/mol. The van der Waals surface area contributed by atoms with Gasteiger partial charge in [-0.15, -0.1) is 0 Å². The van der Waals surface area contributed by atoms with Gasteiger partial charge in [0.1, 0.15) is 5.71 Å². The number of benzene rings is 1. The van der Waals surface area contributed by atoms with Crippen LogP contribution in [-0.4, -0.2) is 64.6 Å². The number of carbonyl (C=O) groups is 2. The summed E-state index contributed by atoms with van der Waals surface area (Å²) in [5.74, 6) is -0.000901. The van der Waals surface area contributed by atoms with Gasteiger partial charge < -0.3 is 4.90 Å². The zero-order valence-corrected chi connectivity index (χ0v) is 15.1. The molecule has 6 heteroatoms. The SMILES string of the molecule is O=C(C1=NN(Cc2ccccc2)C(=O)CC1)N1CCC(N2CCCC2)C1. The van der Waals surface area contributed by atoms with Crippen LogP contribution in [0.5, 0.6) is 0 Å². The predicted octanol–water partition coefficient (Wildman–Crippen LogP) is 1.86. The second-order valence-electron chi connectivity index (χ2n) is 7.42. The summed E-state index contributed by atoms with van der Waals surface area (Å²) >= 11 is 0. The average Bonchev–Trinajstić information content (AvgIpc) is 3.35. The molecule has 0 spiro atoms. The molecule has 2 saturated heterocycles. The summed E-state index contributed by atoms with van der Waals surface area (Å²) in [6.45, 7) is 4.34. The van der Waals surface area contributed by atoms with Crippen LogP contribution in [0, 0.1) is 0 Å². The van der Waals surface area contributed by atoms with Gasteiger partial charge in [-0.2, -0.15) is 5.10 Å². The number of hydrazone groups is 1. The zero-order valence-electron chi connectivity index (χ0n) is 15.1. The van der Waals surface area contributed by atoms with Crippen molar-refractivity contribution in [1.82, 2.24) is 14.8 Å². The third-order valence-electron chi connectivity index (χ3n) is 5.63.